The second-order valence-corrected chi connectivity index (χ2v) is 7.40. The summed E-state index contributed by atoms with van der Waals surface area (Å²) in [5.74, 6) is -0.946. The highest BCUT2D eigenvalue weighted by Gasteiger charge is 2.22. The monoisotopic (exact) mass is 402 g/mol. The fourth-order valence-corrected chi connectivity index (χ4v) is 3.62. The fourth-order valence-electron chi connectivity index (χ4n) is 2.94. The second-order valence-electron chi connectivity index (χ2n) is 6.45. The minimum absolute atomic E-state index is 0.387. The smallest absolute Gasteiger partial charge is 0.339 e. The van der Waals surface area contributed by atoms with Crippen LogP contribution in [0.4, 0.5) is 5.69 Å². The van der Waals surface area contributed by atoms with Gasteiger partial charge in [0.25, 0.3) is 5.91 Å². The Morgan fingerprint density at radius 1 is 1.00 bits per heavy atom. The largest absolute Gasteiger partial charge is 0.449 e. The second kappa shape index (κ2) is 8.24. The van der Waals surface area contributed by atoms with E-state index in [0.717, 1.165) is 4.88 Å². The molecule has 29 heavy (non-hydrogen) atoms. The summed E-state index contributed by atoms with van der Waals surface area (Å²) in [6.07, 6.45) is -0.945. The maximum Gasteiger partial charge on any atom is 0.339 e. The van der Waals surface area contributed by atoms with E-state index in [1.165, 1.54) is 0 Å². The lowest BCUT2D eigenvalue weighted by atomic mass is 10.1. The molecule has 1 atom stereocenters. The van der Waals surface area contributed by atoms with Gasteiger partial charge in [-0.2, -0.15) is 0 Å². The normalized spacial score (nSPS) is 11.8. The summed E-state index contributed by atoms with van der Waals surface area (Å²) in [6, 6.07) is 22.1. The average Bonchev–Trinajstić information content (AvgIpc) is 3.28. The van der Waals surface area contributed by atoms with Crippen LogP contribution in [-0.4, -0.2) is 23.0 Å². The number of carbonyl (C=O) groups is 2. The van der Waals surface area contributed by atoms with Crippen molar-refractivity contribution < 1.29 is 14.3 Å². The summed E-state index contributed by atoms with van der Waals surface area (Å²) in [7, 11) is 0. The minimum Gasteiger partial charge on any atom is -0.449 e. The summed E-state index contributed by atoms with van der Waals surface area (Å²) < 4.78 is 5.48. The van der Waals surface area contributed by atoms with Gasteiger partial charge >= 0.3 is 5.97 Å². The van der Waals surface area contributed by atoms with Gasteiger partial charge in [-0.3, -0.25) is 4.79 Å². The molecule has 2 aromatic carbocycles. The first kappa shape index (κ1) is 18.8. The zero-order valence-corrected chi connectivity index (χ0v) is 16.5. The van der Waals surface area contributed by atoms with Gasteiger partial charge < -0.3 is 10.1 Å². The number of anilines is 1. The van der Waals surface area contributed by atoms with Gasteiger partial charge in [-0.1, -0.05) is 42.5 Å². The van der Waals surface area contributed by atoms with Crippen LogP contribution in [-0.2, 0) is 9.53 Å². The van der Waals surface area contributed by atoms with Crippen molar-refractivity contribution >= 4 is 39.8 Å². The summed E-state index contributed by atoms with van der Waals surface area (Å²) in [5.41, 5.74) is 2.44. The maximum atomic E-state index is 12.9. The van der Waals surface area contributed by atoms with E-state index in [9.17, 15) is 9.59 Å². The van der Waals surface area contributed by atoms with Gasteiger partial charge in [0.1, 0.15) is 0 Å². The molecule has 6 heteroatoms. The van der Waals surface area contributed by atoms with E-state index < -0.39 is 12.1 Å². The summed E-state index contributed by atoms with van der Waals surface area (Å²) in [5, 5.41) is 5.39. The molecule has 0 bridgehead atoms. The van der Waals surface area contributed by atoms with E-state index >= 15 is 0 Å². The highest BCUT2D eigenvalue weighted by atomic mass is 32.1. The van der Waals surface area contributed by atoms with Crippen molar-refractivity contribution in [2.24, 2.45) is 0 Å². The number of hydrogen-bond acceptors (Lipinski definition) is 5. The molecule has 5 nitrogen and oxygen atoms in total. The van der Waals surface area contributed by atoms with Gasteiger partial charge in [-0.15, -0.1) is 11.3 Å². The first-order valence-corrected chi connectivity index (χ1v) is 10.0. The lowest BCUT2D eigenvalue weighted by molar-refractivity contribution is -0.123. The molecule has 0 saturated heterocycles. The van der Waals surface area contributed by atoms with E-state index in [1.54, 1.807) is 36.5 Å². The highest BCUT2D eigenvalue weighted by Crippen LogP contribution is 2.28. The summed E-state index contributed by atoms with van der Waals surface area (Å²) in [6.45, 7) is 1.56. The molecule has 0 saturated carbocycles. The number of nitrogens with zero attached hydrogens (tertiary/aromatic N) is 1. The van der Waals surface area contributed by atoms with Crippen LogP contribution in [0.2, 0.25) is 0 Å². The Balaban J connectivity index is 1.60. The van der Waals surface area contributed by atoms with Crippen LogP contribution in [0.5, 0.6) is 0 Å². The Morgan fingerprint density at radius 3 is 2.52 bits per heavy atom. The van der Waals surface area contributed by atoms with E-state index in [0.29, 0.717) is 27.8 Å². The van der Waals surface area contributed by atoms with Crippen LogP contribution in [0.15, 0.2) is 78.2 Å². The van der Waals surface area contributed by atoms with Crippen LogP contribution in [0.3, 0.4) is 0 Å². The van der Waals surface area contributed by atoms with Gasteiger partial charge in [-0.05, 0) is 42.6 Å². The number of pyridine rings is 1. The zero-order valence-electron chi connectivity index (χ0n) is 15.7. The number of nitrogens with one attached hydrogen (secondary N) is 1. The predicted octanol–water partition coefficient (Wildman–Crippen LogP) is 5.15. The number of esters is 1. The standard InChI is InChI=1S/C23H18N2O3S/c1-15(22(26)24-16-8-3-2-4-9-16)28-23(27)18-14-20(21-12-7-13-29-21)25-19-11-6-5-10-17(18)19/h2-15H,1H3,(H,24,26)/t15-/m0/s1. The van der Waals surface area contributed by atoms with Crippen LogP contribution >= 0.6 is 11.3 Å². The number of amides is 1. The number of rotatable bonds is 5. The molecule has 1 N–H and O–H groups in total. The number of benzene rings is 2. The highest BCUT2D eigenvalue weighted by molar-refractivity contribution is 7.13. The van der Waals surface area contributed by atoms with Crippen LogP contribution in [0, 0.1) is 0 Å². The Morgan fingerprint density at radius 2 is 1.76 bits per heavy atom. The van der Waals surface area contributed by atoms with Gasteiger partial charge in [0.05, 0.1) is 21.7 Å². The first-order chi connectivity index (χ1) is 14.1. The van der Waals surface area contributed by atoms with Crippen LogP contribution in [0.25, 0.3) is 21.5 Å². The van der Waals surface area contributed by atoms with Crippen molar-refractivity contribution in [3.05, 3.63) is 83.7 Å². The number of fused-ring (bicyclic) bond motifs is 1. The molecule has 4 aromatic rings. The van der Waals surface area contributed by atoms with Gasteiger partial charge in [0.2, 0.25) is 0 Å². The number of ether oxygens (including phenoxy) is 1. The number of hydrogen-bond donors (Lipinski definition) is 1. The Kier molecular flexibility index (Phi) is 5.35. The lowest BCUT2D eigenvalue weighted by Crippen LogP contribution is -2.30. The summed E-state index contributed by atoms with van der Waals surface area (Å²) >= 11 is 1.55. The molecular formula is C23H18N2O3S. The predicted molar refractivity (Wildman–Crippen MR) is 115 cm³/mol. The topological polar surface area (TPSA) is 68.3 Å². The number of aromatic nitrogens is 1. The quantitative estimate of drug-likeness (QED) is 0.469. The third-order valence-corrected chi connectivity index (χ3v) is 5.30. The molecule has 2 heterocycles. The SMILES string of the molecule is C[C@H](OC(=O)c1cc(-c2cccs2)nc2ccccc12)C(=O)Nc1ccccc1. The van der Waals surface area contributed by atoms with Crippen molar-refractivity contribution in [3.63, 3.8) is 0 Å². The minimum atomic E-state index is -0.945. The average molecular weight is 402 g/mol. The zero-order chi connectivity index (χ0) is 20.2. The van der Waals surface area contributed by atoms with Crippen LogP contribution < -0.4 is 5.32 Å². The van der Waals surface area contributed by atoms with E-state index in [2.05, 4.69) is 10.3 Å². The van der Waals surface area contributed by atoms with E-state index in [1.807, 2.05) is 60.0 Å². The van der Waals surface area contributed by atoms with E-state index in [4.69, 9.17) is 4.74 Å². The van der Waals surface area contributed by atoms with Crippen molar-refractivity contribution in [2.45, 2.75) is 13.0 Å². The first-order valence-electron chi connectivity index (χ1n) is 9.12. The molecule has 2 aromatic heterocycles. The third kappa shape index (κ3) is 4.17. The third-order valence-electron chi connectivity index (χ3n) is 4.40. The molecule has 0 aliphatic carbocycles. The number of para-hydroxylation sites is 2. The molecule has 0 spiro atoms. The van der Waals surface area contributed by atoms with Crippen molar-refractivity contribution in [3.8, 4) is 10.6 Å². The Labute approximate surface area is 172 Å². The number of thiophene rings is 1. The molecule has 0 radical (unpaired) electrons. The Bertz CT molecular complexity index is 1160. The van der Waals surface area contributed by atoms with Crippen molar-refractivity contribution in [2.75, 3.05) is 5.32 Å². The summed E-state index contributed by atoms with van der Waals surface area (Å²) in [4.78, 5) is 30.9. The van der Waals surface area contributed by atoms with Crippen molar-refractivity contribution in [1.82, 2.24) is 4.98 Å². The molecule has 0 aliphatic rings. The van der Waals surface area contributed by atoms with Gasteiger partial charge in [0, 0.05) is 11.1 Å². The maximum absolute atomic E-state index is 12.9. The molecule has 1 amide bonds. The lowest BCUT2D eigenvalue weighted by Gasteiger charge is -2.15. The van der Waals surface area contributed by atoms with Gasteiger partial charge in [0.15, 0.2) is 6.10 Å². The molecular weight excluding hydrogens is 384 g/mol. The fraction of sp³-hybridized carbons (Fsp3) is 0.0870. The van der Waals surface area contributed by atoms with Gasteiger partial charge in [-0.25, -0.2) is 9.78 Å². The van der Waals surface area contributed by atoms with Crippen molar-refractivity contribution in [1.29, 1.82) is 0 Å². The van der Waals surface area contributed by atoms with E-state index in [-0.39, 0.29) is 5.91 Å². The van der Waals surface area contributed by atoms with Crippen LogP contribution in [0.1, 0.15) is 17.3 Å². The molecule has 144 valence electrons. The Hall–Kier alpha value is -3.51. The molecule has 0 fully saturated rings. The molecule has 0 aliphatic heterocycles. The number of carbonyl (C=O) groups excluding carboxylic acids is 2. The molecule has 4 rings (SSSR count). The molecule has 0 unspecified atom stereocenters.